The maximum atomic E-state index is 13.3. The van der Waals surface area contributed by atoms with E-state index in [1.54, 1.807) is 16.8 Å². The van der Waals surface area contributed by atoms with E-state index >= 15 is 0 Å². The van der Waals surface area contributed by atoms with E-state index in [0.29, 0.717) is 31.3 Å². The molecule has 0 spiro atoms. The molecule has 2 aromatic carbocycles. The van der Waals surface area contributed by atoms with Crippen molar-refractivity contribution < 1.29 is 14.2 Å². The van der Waals surface area contributed by atoms with Crippen molar-refractivity contribution in [3.63, 3.8) is 0 Å². The summed E-state index contributed by atoms with van der Waals surface area (Å²) in [6, 6.07) is 15.7. The largest absolute Gasteiger partial charge is 0.439 e. The predicted molar refractivity (Wildman–Crippen MR) is 109 cm³/mol. The first-order valence-corrected chi connectivity index (χ1v) is 9.78. The summed E-state index contributed by atoms with van der Waals surface area (Å²) in [6.45, 7) is 4.63. The molecule has 0 bridgehead atoms. The summed E-state index contributed by atoms with van der Waals surface area (Å²) in [4.78, 5) is 0. The molecule has 2 heterocycles. The van der Waals surface area contributed by atoms with Crippen LogP contribution in [-0.4, -0.2) is 40.6 Å². The van der Waals surface area contributed by atoms with Crippen molar-refractivity contribution >= 4 is 0 Å². The van der Waals surface area contributed by atoms with E-state index in [0.717, 1.165) is 23.5 Å². The molecule has 0 radical (unpaired) electrons. The highest BCUT2D eigenvalue weighted by atomic mass is 19.1. The van der Waals surface area contributed by atoms with Crippen LogP contribution in [0.5, 0.6) is 11.6 Å². The Balaban J connectivity index is 1.60. The normalized spacial score (nSPS) is 18.9. The van der Waals surface area contributed by atoms with Gasteiger partial charge in [0.25, 0.3) is 0 Å². The first-order valence-electron chi connectivity index (χ1n) is 9.78. The predicted octanol–water partition coefficient (Wildman–Crippen LogP) is 2.78. The molecule has 1 aromatic heterocycles. The van der Waals surface area contributed by atoms with Gasteiger partial charge in [-0.05, 0) is 43.3 Å². The molecule has 0 saturated carbocycles. The number of aliphatic hydroxyl groups excluding tert-OH is 1. The van der Waals surface area contributed by atoms with Crippen molar-refractivity contribution in [2.75, 3.05) is 19.6 Å². The number of aliphatic hydroxyl groups is 1. The van der Waals surface area contributed by atoms with E-state index in [1.165, 1.54) is 12.1 Å². The molecule has 2 unspecified atom stereocenters. The number of ether oxygens (including phenoxy) is 1. The van der Waals surface area contributed by atoms with Gasteiger partial charge in [-0.15, -0.1) is 0 Å². The van der Waals surface area contributed by atoms with E-state index in [2.05, 4.69) is 15.7 Å². The van der Waals surface area contributed by atoms with Gasteiger partial charge < -0.3 is 20.5 Å². The summed E-state index contributed by atoms with van der Waals surface area (Å²) in [7, 11) is 0. The highest BCUT2D eigenvalue weighted by Crippen LogP contribution is 2.30. The third-order valence-corrected chi connectivity index (χ3v) is 5.18. The summed E-state index contributed by atoms with van der Waals surface area (Å²) in [6.07, 6.45) is -0.328. The molecule has 7 heteroatoms. The van der Waals surface area contributed by atoms with Crippen molar-refractivity contribution in [2.45, 2.75) is 19.6 Å². The first-order chi connectivity index (χ1) is 14.1. The molecule has 1 saturated heterocycles. The zero-order chi connectivity index (χ0) is 20.2. The molecule has 1 aliphatic rings. The summed E-state index contributed by atoms with van der Waals surface area (Å²) in [5.74, 6) is 1.01. The molecule has 29 heavy (non-hydrogen) atoms. The lowest BCUT2D eigenvalue weighted by Gasteiger charge is -2.15. The molecule has 6 nitrogen and oxygen atoms in total. The van der Waals surface area contributed by atoms with Crippen molar-refractivity contribution in [3.05, 3.63) is 71.7 Å². The molecule has 0 amide bonds. The van der Waals surface area contributed by atoms with Crippen LogP contribution in [0.1, 0.15) is 11.3 Å². The molecular weight excluding hydrogens is 371 g/mol. The van der Waals surface area contributed by atoms with Crippen molar-refractivity contribution in [1.29, 1.82) is 0 Å². The fraction of sp³-hybridized carbons (Fsp3) is 0.318. The number of aromatic nitrogens is 2. The van der Waals surface area contributed by atoms with Crippen LogP contribution in [0.4, 0.5) is 4.39 Å². The highest BCUT2D eigenvalue weighted by molar-refractivity contribution is 5.43. The smallest absolute Gasteiger partial charge is 0.227 e. The summed E-state index contributed by atoms with van der Waals surface area (Å²) >= 11 is 0. The van der Waals surface area contributed by atoms with E-state index in [4.69, 9.17) is 4.74 Å². The van der Waals surface area contributed by atoms with Crippen molar-refractivity contribution in [2.24, 2.45) is 5.92 Å². The molecule has 1 fully saturated rings. The third kappa shape index (κ3) is 4.48. The second-order valence-electron chi connectivity index (χ2n) is 7.29. The van der Waals surface area contributed by atoms with Gasteiger partial charge in [0.1, 0.15) is 11.6 Å². The summed E-state index contributed by atoms with van der Waals surface area (Å²) < 4.78 is 21.2. The van der Waals surface area contributed by atoms with Crippen molar-refractivity contribution in [1.82, 2.24) is 20.4 Å². The van der Waals surface area contributed by atoms with E-state index in [-0.39, 0.29) is 17.8 Å². The van der Waals surface area contributed by atoms with Crippen LogP contribution < -0.4 is 15.4 Å². The number of rotatable bonds is 7. The van der Waals surface area contributed by atoms with Crippen LogP contribution in [-0.2, 0) is 6.54 Å². The lowest BCUT2D eigenvalue weighted by atomic mass is 10.1. The lowest BCUT2D eigenvalue weighted by molar-refractivity contribution is 0.146. The van der Waals surface area contributed by atoms with Gasteiger partial charge in [-0.25, -0.2) is 9.07 Å². The Kier molecular flexibility index (Phi) is 5.89. The van der Waals surface area contributed by atoms with Crippen LogP contribution in [0.2, 0.25) is 0 Å². The van der Waals surface area contributed by atoms with Crippen molar-refractivity contribution in [3.8, 4) is 17.3 Å². The Morgan fingerprint density at radius 2 is 1.93 bits per heavy atom. The maximum absolute atomic E-state index is 13.3. The monoisotopic (exact) mass is 396 g/mol. The quantitative estimate of drug-likeness (QED) is 0.573. The van der Waals surface area contributed by atoms with E-state index in [1.807, 2.05) is 37.3 Å². The molecule has 3 N–H and O–H groups in total. The number of benzene rings is 2. The van der Waals surface area contributed by atoms with Crippen LogP contribution in [0.25, 0.3) is 5.69 Å². The third-order valence-electron chi connectivity index (χ3n) is 5.18. The minimum absolute atomic E-state index is 0.181. The van der Waals surface area contributed by atoms with Gasteiger partial charge in [-0.2, -0.15) is 5.10 Å². The van der Waals surface area contributed by atoms with Gasteiger partial charge in [0.05, 0.1) is 23.0 Å². The Morgan fingerprint density at radius 1 is 1.17 bits per heavy atom. The fourth-order valence-corrected chi connectivity index (χ4v) is 3.52. The Hall–Kier alpha value is -2.74. The zero-order valence-corrected chi connectivity index (χ0v) is 16.3. The topological polar surface area (TPSA) is 71.3 Å². The molecule has 3 aromatic rings. The highest BCUT2D eigenvalue weighted by Gasteiger charge is 2.25. The van der Waals surface area contributed by atoms with E-state index in [9.17, 15) is 9.50 Å². The van der Waals surface area contributed by atoms with Crippen LogP contribution in [0, 0.1) is 18.7 Å². The standard InChI is InChI=1S/C22H25FN4O2/c1-15-20(13-24-11-16-12-25-14-21(16)28)22(29-19-9-7-17(23)8-10-19)27(26-15)18-5-3-2-4-6-18/h2-10,16,21,24-25,28H,11-14H2,1H3. The van der Waals surface area contributed by atoms with Gasteiger partial charge in [0.2, 0.25) is 5.88 Å². The second-order valence-corrected chi connectivity index (χ2v) is 7.29. The summed E-state index contributed by atoms with van der Waals surface area (Å²) in [5.41, 5.74) is 2.66. The molecule has 1 aliphatic heterocycles. The average Bonchev–Trinajstić information content (AvgIpc) is 3.28. The molecule has 152 valence electrons. The van der Waals surface area contributed by atoms with Gasteiger partial charge in [0.15, 0.2) is 0 Å². The van der Waals surface area contributed by atoms with Gasteiger partial charge in [0, 0.05) is 32.1 Å². The molecule has 2 atom stereocenters. The lowest BCUT2D eigenvalue weighted by Crippen LogP contribution is -2.30. The zero-order valence-electron chi connectivity index (χ0n) is 16.3. The molecule has 0 aliphatic carbocycles. The van der Waals surface area contributed by atoms with Crippen LogP contribution in [0.3, 0.4) is 0 Å². The molecule has 4 rings (SSSR count). The van der Waals surface area contributed by atoms with Gasteiger partial charge in [-0.1, -0.05) is 18.2 Å². The Morgan fingerprint density at radius 3 is 2.62 bits per heavy atom. The molecular formula is C22H25FN4O2. The fourth-order valence-electron chi connectivity index (χ4n) is 3.52. The second kappa shape index (κ2) is 8.73. The minimum Gasteiger partial charge on any atom is -0.439 e. The number of para-hydroxylation sites is 1. The Bertz CT molecular complexity index is 943. The van der Waals surface area contributed by atoms with Gasteiger partial charge in [-0.3, -0.25) is 0 Å². The van der Waals surface area contributed by atoms with Crippen LogP contribution in [0.15, 0.2) is 54.6 Å². The minimum atomic E-state index is -0.328. The maximum Gasteiger partial charge on any atom is 0.227 e. The Labute approximate surface area is 169 Å². The van der Waals surface area contributed by atoms with Gasteiger partial charge >= 0.3 is 0 Å². The van der Waals surface area contributed by atoms with Crippen LogP contribution >= 0.6 is 0 Å². The number of halogens is 1. The number of β-amino-alcohol motifs (C(OH)–C–C–N with tert-alkyl or cyclic N) is 1. The average molecular weight is 396 g/mol. The van der Waals surface area contributed by atoms with E-state index < -0.39 is 0 Å². The number of hydrogen-bond acceptors (Lipinski definition) is 5. The number of hydrogen-bond donors (Lipinski definition) is 3. The summed E-state index contributed by atoms with van der Waals surface area (Å²) in [5, 5.41) is 21.3. The number of aryl methyl sites for hydroxylation is 1. The number of nitrogens with zero attached hydrogens (tertiary/aromatic N) is 2. The SMILES string of the molecule is Cc1nn(-c2ccccc2)c(Oc2ccc(F)cc2)c1CNCC1CNCC1O. The number of nitrogens with one attached hydrogen (secondary N) is 2. The first kappa shape index (κ1) is 19.6.